The first-order chi connectivity index (χ1) is 9.24. The molecule has 0 radical (unpaired) electrons. The van der Waals surface area contributed by atoms with E-state index >= 15 is 0 Å². The smallest absolute Gasteiger partial charge is 0.131 e. The average molecular weight is 265 g/mol. The molecule has 1 saturated heterocycles. The maximum Gasteiger partial charge on any atom is 0.131 e. The Bertz CT molecular complexity index is 379. The lowest BCUT2D eigenvalue weighted by Gasteiger charge is -2.26. The lowest BCUT2D eigenvalue weighted by molar-refractivity contribution is 0.0398. The minimum Gasteiger partial charge on any atom is -0.379 e. The summed E-state index contributed by atoms with van der Waals surface area (Å²) in [6.45, 7) is 9.81. The normalized spacial score (nSPS) is 16.6. The summed E-state index contributed by atoms with van der Waals surface area (Å²) in [5.41, 5.74) is 0. The summed E-state index contributed by atoms with van der Waals surface area (Å²) < 4.78 is 5.33. The third-order valence-electron chi connectivity index (χ3n) is 2.94. The van der Waals surface area contributed by atoms with Crippen LogP contribution < -0.4 is 10.6 Å². The van der Waals surface area contributed by atoms with Crippen LogP contribution in [-0.4, -0.2) is 60.3 Å². The first kappa shape index (κ1) is 14.0. The summed E-state index contributed by atoms with van der Waals surface area (Å²) in [4.78, 5) is 10.8. The van der Waals surface area contributed by atoms with E-state index in [0.29, 0.717) is 6.04 Å². The van der Waals surface area contributed by atoms with E-state index in [1.807, 2.05) is 6.07 Å². The number of ether oxygens (including phenoxy) is 1. The number of hydrogen-bond acceptors (Lipinski definition) is 6. The number of nitrogens with zero attached hydrogens (tertiary/aromatic N) is 3. The minimum absolute atomic E-state index is 0.371. The van der Waals surface area contributed by atoms with Gasteiger partial charge in [0.1, 0.15) is 18.0 Å². The van der Waals surface area contributed by atoms with Crippen molar-refractivity contribution in [2.24, 2.45) is 0 Å². The maximum atomic E-state index is 5.33. The van der Waals surface area contributed by atoms with E-state index in [4.69, 9.17) is 4.74 Å². The zero-order chi connectivity index (χ0) is 13.5. The molecule has 1 fully saturated rings. The van der Waals surface area contributed by atoms with E-state index < -0.39 is 0 Å². The molecule has 106 valence electrons. The van der Waals surface area contributed by atoms with Crippen molar-refractivity contribution in [1.82, 2.24) is 14.9 Å². The Hall–Kier alpha value is -1.40. The van der Waals surface area contributed by atoms with Gasteiger partial charge < -0.3 is 15.4 Å². The van der Waals surface area contributed by atoms with Crippen molar-refractivity contribution in [1.29, 1.82) is 0 Å². The summed E-state index contributed by atoms with van der Waals surface area (Å²) >= 11 is 0. The van der Waals surface area contributed by atoms with Gasteiger partial charge in [0.2, 0.25) is 0 Å². The zero-order valence-electron chi connectivity index (χ0n) is 11.7. The van der Waals surface area contributed by atoms with Crippen LogP contribution in [0.15, 0.2) is 12.4 Å². The van der Waals surface area contributed by atoms with Crippen molar-refractivity contribution in [2.75, 3.05) is 50.0 Å². The number of rotatable bonds is 6. The van der Waals surface area contributed by atoms with Crippen LogP contribution in [0.2, 0.25) is 0 Å². The Kier molecular flexibility index (Phi) is 5.35. The van der Waals surface area contributed by atoms with Gasteiger partial charge in [-0.05, 0) is 13.8 Å². The highest BCUT2D eigenvalue weighted by atomic mass is 16.5. The van der Waals surface area contributed by atoms with Crippen LogP contribution in [-0.2, 0) is 4.74 Å². The molecule has 1 aromatic rings. The lowest BCUT2D eigenvalue weighted by atomic mass is 10.4. The highest BCUT2D eigenvalue weighted by molar-refractivity contribution is 5.46. The van der Waals surface area contributed by atoms with E-state index in [-0.39, 0.29) is 0 Å². The predicted molar refractivity (Wildman–Crippen MR) is 76.5 cm³/mol. The van der Waals surface area contributed by atoms with E-state index in [1.165, 1.54) is 0 Å². The second-order valence-corrected chi connectivity index (χ2v) is 4.97. The molecule has 0 aromatic carbocycles. The molecule has 0 spiro atoms. The van der Waals surface area contributed by atoms with Gasteiger partial charge in [0.25, 0.3) is 0 Å². The molecule has 6 heteroatoms. The molecule has 2 N–H and O–H groups in total. The van der Waals surface area contributed by atoms with Crippen molar-refractivity contribution in [3.63, 3.8) is 0 Å². The van der Waals surface area contributed by atoms with Crippen LogP contribution in [0.4, 0.5) is 11.6 Å². The molecule has 1 aliphatic heterocycles. The van der Waals surface area contributed by atoms with Gasteiger partial charge in [-0.3, -0.25) is 4.90 Å². The van der Waals surface area contributed by atoms with Gasteiger partial charge in [0.15, 0.2) is 0 Å². The number of nitrogens with one attached hydrogen (secondary N) is 2. The Balaban J connectivity index is 1.75. The van der Waals surface area contributed by atoms with Crippen molar-refractivity contribution >= 4 is 11.6 Å². The molecule has 19 heavy (non-hydrogen) atoms. The molecule has 2 heterocycles. The number of hydrogen-bond donors (Lipinski definition) is 2. The third kappa shape index (κ3) is 5.00. The Morgan fingerprint density at radius 2 is 2.00 bits per heavy atom. The Labute approximate surface area is 114 Å². The van der Waals surface area contributed by atoms with Gasteiger partial charge >= 0.3 is 0 Å². The standard InChI is InChI=1S/C13H23N5O/c1-11(2)17-13-9-12(15-10-16-13)14-3-4-18-5-7-19-8-6-18/h9-11H,3-8H2,1-2H3,(H2,14,15,16,17). The van der Waals surface area contributed by atoms with Crippen LogP contribution in [0.3, 0.4) is 0 Å². The highest BCUT2D eigenvalue weighted by Crippen LogP contribution is 2.09. The van der Waals surface area contributed by atoms with Crippen LogP contribution >= 0.6 is 0 Å². The molecule has 0 amide bonds. The summed E-state index contributed by atoms with van der Waals surface area (Å²) in [5.74, 6) is 1.73. The predicted octanol–water partition coefficient (Wildman–Crippen LogP) is 1.04. The Morgan fingerprint density at radius 1 is 1.26 bits per heavy atom. The quantitative estimate of drug-likeness (QED) is 0.801. The first-order valence-electron chi connectivity index (χ1n) is 6.86. The summed E-state index contributed by atoms with van der Waals surface area (Å²) in [6, 6.07) is 2.32. The Morgan fingerprint density at radius 3 is 2.74 bits per heavy atom. The summed E-state index contributed by atoms with van der Waals surface area (Å²) in [6.07, 6.45) is 1.59. The monoisotopic (exact) mass is 265 g/mol. The minimum atomic E-state index is 0.371. The molecular weight excluding hydrogens is 242 g/mol. The number of aromatic nitrogens is 2. The topological polar surface area (TPSA) is 62.3 Å². The van der Waals surface area contributed by atoms with E-state index in [1.54, 1.807) is 6.33 Å². The largest absolute Gasteiger partial charge is 0.379 e. The third-order valence-corrected chi connectivity index (χ3v) is 2.94. The van der Waals surface area contributed by atoms with E-state index in [2.05, 4.69) is 39.3 Å². The van der Waals surface area contributed by atoms with Gasteiger partial charge in [0.05, 0.1) is 13.2 Å². The fourth-order valence-electron chi connectivity index (χ4n) is 2.00. The molecule has 2 rings (SSSR count). The van der Waals surface area contributed by atoms with Crippen LogP contribution in [0.5, 0.6) is 0 Å². The average Bonchev–Trinajstić information content (AvgIpc) is 2.40. The molecule has 1 aromatic heterocycles. The fraction of sp³-hybridized carbons (Fsp3) is 0.692. The fourth-order valence-corrected chi connectivity index (χ4v) is 2.00. The van der Waals surface area contributed by atoms with Gasteiger partial charge in [-0.15, -0.1) is 0 Å². The van der Waals surface area contributed by atoms with E-state index in [0.717, 1.165) is 51.0 Å². The maximum absolute atomic E-state index is 5.33. The van der Waals surface area contributed by atoms with Gasteiger partial charge in [-0.25, -0.2) is 9.97 Å². The van der Waals surface area contributed by atoms with Crippen molar-refractivity contribution < 1.29 is 4.74 Å². The number of morpholine rings is 1. The number of anilines is 2. The van der Waals surface area contributed by atoms with Gasteiger partial charge in [0, 0.05) is 38.3 Å². The van der Waals surface area contributed by atoms with Crippen LogP contribution in [0.1, 0.15) is 13.8 Å². The SMILES string of the molecule is CC(C)Nc1cc(NCCN2CCOCC2)ncn1. The van der Waals surface area contributed by atoms with Crippen LogP contribution in [0.25, 0.3) is 0 Å². The second kappa shape index (κ2) is 7.25. The molecule has 0 saturated carbocycles. The van der Waals surface area contributed by atoms with Crippen molar-refractivity contribution in [3.8, 4) is 0 Å². The molecule has 0 aliphatic carbocycles. The van der Waals surface area contributed by atoms with Crippen molar-refractivity contribution in [3.05, 3.63) is 12.4 Å². The second-order valence-electron chi connectivity index (χ2n) is 4.97. The van der Waals surface area contributed by atoms with E-state index in [9.17, 15) is 0 Å². The first-order valence-corrected chi connectivity index (χ1v) is 6.86. The summed E-state index contributed by atoms with van der Waals surface area (Å²) in [7, 11) is 0. The summed E-state index contributed by atoms with van der Waals surface area (Å²) in [5, 5.41) is 6.60. The van der Waals surface area contributed by atoms with Crippen molar-refractivity contribution in [2.45, 2.75) is 19.9 Å². The lowest BCUT2D eigenvalue weighted by Crippen LogP contribution is -2.39. The molecule has 0 atom stereocenters. The molecule has 6 nitrogen and oxygen atoms in total. The molecular formula is C13H23N5O. The zero-order valence-corrected chi connectivity index (χ0v) is 11.7. The van der Waals surface area contributed by atoms with Crippen LogP contribution in [0, 0.1) is 0 Å². The molecule has 1 aliphatic rings. The molecule has 0 bridgehead atoms. The van der Waals surface area contributed by atoms with Gasteiger partial charge in [-0.1, -0.05) is 0 Å². The van der Waals surface area contributed by atoms with Gasteiger partial charge in [-0.2, -0.15) is 0 Å². The highest BCUT2D eigenvalue weighted by Gasteiger charge is 2.09. The molecule has 0 unspecified atom stereocenters.